The van der Waals surface area contributed by atoms with Gasteiger partial charge in [-0.15, -0.1) is 11.3 Å². The van der Waals surface area contributed by atoms with Crippen LogP contribution in [0.3, 0.4) is 0 Å². The van der Waals surface area contributed by atoms with E-state index in [0.29, 0.717) is 12.2 Å². The van der Waals surface area contributed by atoms with Crippen LogP contribution in [0.5, 0.6) is 0 Å². The van der Waals surface area contributed by atoms with E-state index in [0.717, 1.165) is 0 Å². The van der Waals surface area contributed by atoms with E-state index < -0.39 is 5.97 Å². The van der Waals surface area contributed by atoms with Crippen LogP contribution in [-0.2, 0) is 13.6 Å². The maximum absolute atomic E-state index is 11.0. The average molecular weight is 265 g/mol. The first-order valence-electron chi connectivity index (χ1n) is 5.60. The third-order valence-electron chi connectivity index (χ3n) is 2.84. The fourth-order valence-corrected chi connectivity index (χ4v) is 2.50. The Labute approximate surface area is 109 Å². The zero-order valence-electron chi connectivity index (χ0n) is 10.3. The molecule has 0 amide bonds. The fraction of sp³-hybridized carbons (Fsp3) is 0.333. The molecule has 1 unspecified atom stereocenters. The van der Waals surface area contributed by atoms with Gasteiger partial charge in [0, 0.05) is 24.5 Å². The fourth-order valence-electron chi connectivity index (χ4n) is 1.74. The summed E-state index contributed by atoms with van der Waals surface area (Å²) in [4.78, 5) is 12.3. The molecule has 0 bridgehead atoms. The summed E-state index contributed by atoms with van der Waals surface area (Å²) < 4.78 is 1.59. The van der Waals surface area contributed by atoms with Gasteiger partial charge in [0.15, 0.2) is 0 Å². The van der Waals surface area contributed by atoms with Crippen LogP contribution in [0.25, 0.3) is 0 Å². The number of aryl methyl sites for hydroxylation is 1. The van der Waals surface area contributed by atoms with Gasteiger partial charge < -0.3 is 10.4 Å². The zero-order chi connectivity index (χ0) is 13.1. The van der Waals surface area contributed by atoms with E-state index in [2.05, 4.69) is 23.4 Å². The maximum Gasteiger partial charge on any atom is 0.339 e. The minimum atomic E-state index is -0.941. The van der Waals surface area contributed by atoms with Crippen LogP contribution in [0.15, 0.2) is 23.7 Å². The lowest BCUT2D eigenvalue weighted by molar-refractivity contribution is 0.0695. The van der Waals surface area contributed by atoms with Crippen molar-refractivity contribution in [2.45, 2.75) is 19.5 Å². The van der Waals surface area contributed by atoms with Crippen molar-refractivity contribution in [1.29, 1.82) is 0 Å². The van der Waals surface area contributed by atoms with Crippen molar-refractivity contribution in [2.24, 2.45) is 7.05 Å². The second kappa shape index (κ2) is 5.32. The quantitative estimate of drug-likeness (QED) is 0.868. The summed E-state index contributed by atoms with van der Waals surface area (Å²) >= 11 is 1.68. The molecular formula is C12H15N3O2S. The number of aromatic carboxylic acids is 1. The maximum atomic E-state index is 11.0. The van der Waals surface area contributed by atoms with Crippen LogP contribution in [-0.4, -0.2) is 20.9 Å². The number of carboxylic acid groups (broad SMARTS) is 1. The molecular weight excluding hydrogens is 250 g/mol. The average Bonchev–Trinajstić information content (AvgIpc) is 2.95. The predicted molar refractivity (Wildman–Crippen MR) is 69.7 cm³/mol. The molecule has 2 N–H and O–H groups in total. The van der Waals surface area contributed by atoms with Crippen molar-refractivity contribution in [3.8, 4) is 0 Å². The van der Waals surface area contributed by atoms with E-state index in [1.807, 2.05) is 11.4 Å². The van der Waals surface area contributed by atoms with E-state index >= 15 is 0 Å². The number of aromatic nitrogens is 2. The largest absolute Gasteiger partial charge is 0.478 e. The number of rotatable bonds is 5. The summed E-state index contributed by atoms with van der Waals surface area (Å²) in [6.45, 7) is 2.54. The molecule has 0 saturated carbocycles. The van der Waals surface area contributed by atoms with Gasteiger partial charge in [0.2, 0.25) is 0 Å². The van der Waals surface area contributed by atoms with Gasteiger partial charge in [-0.1, -0.05) is 6.07 Å². The standard InChI is InChI=1S/C12H15N3O2S/c1-8(11-4-3-5-18-11)13-7-10-9(12(16)17)6-14-15(10)2/h3-6,8,13H,7H2,1-2H3,(H,16,17). The molecule has 2 aromatic rings. The number of thiophene rings is 1. The molecule has 0 aliphatic rings. The van der Waals surface area contributed by atoms with E-state index in [-0.39, 0.29) is 11.6 Å². The van der Waals surface area contributed by atoms with Gasteiger partial charge in [0.1, 0.15) is 5.56 Å². The molecule has 0 radical (unpaired) electrons. The third kappa shape index (κ3) is 2.60. The van der Waals surface area contributed by atoms with Crippen LogP contribution in [0.1, 0.15) is 33.9 Å². The molecule has 2 heterocycles. The molecule has 5 nitrogen and oxygen atoms in total. The van der Waals surface area contributed by atoms with Crippen LogP contribution >= 0.6 is 11.3 Å². The number of carboxylic acids is 1. The van der Waals surface area contributed by atoms with Crippen molar-refractivity contribution in [1.82, 2.24) is 15.1 Å². The predicted octanol–water partition coefficient (Wildman–Crippen LogP) is 2.03. The first-order valence-corrected chi connectivity index (χ1v) is 6.48. The summed E-state index contributed by atoms with van der Waals surface area (Å²) in [6, 6.07) is 4.26. The van der Waals surface area contributed by atoms with Crippen LogP contribution in [0, 0.1) is 0 Å². The lowest BCUT2D eigenvalue weighted by Crippen LogP contribution is -2.20. The van der Waals surface area contributed by atoms with E-state index in [4.69, 9.17) is 5.11 Å². The zero-order valence-corrected chi connectivity index (χ0v) is 11.1. The Kier molecular flexibility index (Phi) is 3.78. The minimum Gasteiger partial charge on any atom is -0.478 e. The highest BCUT2D eigenvalue weighted by molar-refractivity contribution is 7.10. The molecule has 96 valence electrons. The Morgan fingerprint density at radius 1 is 1.67 bits per heavy atom. The van der Waals surface area contributed by atoms with Gasteiger partial charge >= 0.3 is 5.97 Å². The van der Waals surface area contributed by atoms with Crippen molar-refractivity contribution < 1.29 is 9.90 Å². The van der Waals surface area contributed by atoms with Gasteiger partial charge in [-0.2, -0.15) is 5.10 Å². The number of nitrogens with zero attached hydrogens (tertiary/aromatic N) is 2. The topological polar surface area (TPSA) is 67.2 Å². The lowest BCUT2D eigenvalue weighted by atomic mass is 10.2. The first-order chi connectivity index (χ1) is 8.59. The Morgan fingerprint density at radius 2 is 2.44 bits per heavy atom. The van der Waals surface area contributed by atoms with Gasteiger partial charge in [-0.25, -0.2) is 4.79 Å². The third-order valence-corrected chi connectivity index (χ3v) is 3.89. The highest BCUT2D eigenvalue weighted by atomic mass is 32.1. The van der Waals surface area contributed by atoms with Crippen molar-refractivity contribution >= 4 is 17.3 Å². The molecule has 0 aliphatic carbocycles. The van der Waals surface area contributed by atoms with Crippen LogP contribution in [0.2, 0.25) is 0 Å². The van der Waals surface area contributed by atoms with Crippen molar-refractivity contribution in [3.05, 3.63) is 39.8 Å². The van der Waals surface area contributed by atoms with E-state index in [1.165, 1.54) is 11.1 Å². The molecule has 0 fully saturated rings. The highest BCUT2D eigenvalue weighted by Gasteiger charge is 2.15. The Balaban J connectivity index is 2.06. The second-order valence-electron chi connectivity index (χ2n) is 4.05. The minimum absolute atomic E-state index is 0.196. The van der Waals surface area contributed by atoms with E-state index in [1.54, 1.807) is 23.1 Å². The van der Waals surface area contributed by atoms with Crippen LogP contribution < -0.4 is 5.32 Å². The molecule has 0 saturated heterocycles. The smallest absolute Gasteiger partial charge is 0.339 e. The molecule has 2 rings (SSSR count). The number of hydrogen-bond donors (Lipinski definition) is 2. The molecule has 0 aliphatic heterocycles. The molecule has 0 aromatic carbocycles. The molecule has 18 heavy (non-hydrogen) atoms. The van der Waals surface area contributed by atoms with Crippen LogP contribution in [0.4, 0.5) is 0 Å². The van der Waals surface area contributed by atoms with Crippen molar-refractivity contribution in [2.75, 3.05) is 0 Å². The number of hydrogen-bond acceptors (Lipinski definition) is 4. The monoisotopic (exact) mass is 265 g/mol. The summed E-state index contributed by atoms with van der Waals surface area (Å²) in [5.74, 6) is -0.941. The Hall–Kier alpha value is -1.66. The lowest BCUT2D eigenvalue weighted by Gasteiger charge is -2.12. The molecule has 6 heteroatoms. The van der Waals surface area contributed by atoms with E-state index in [9.17, 15) is 4.79 Å². The highest BCUT2D eigenvalue weighted by Crippen LogP contribution is 2.19. The first kappa shape index (κ1) is 12.8. The Morgan fingerprint density at radius 3 is 3.06 bits per heavy atom. The normalized spacial score (nSPS) is 12.6. The van der Waals surface area contributed by atoms with Gasteiger partial charge in [0.25, 0.3) is 0 Å². The van der Waals surface area contributed by atoms with Gasteiger partial charge in [0.05, 0.1) is 11.9 Å². The SMILES string of the molecule is CC(NCc1c(C(=O)O)cnn1C)c1cccs1. The van der Waals surface area contributed by atoms with Crippen molar-refractivity contribution in [3.63, 3.8) is 0 Å². The molecule has 1 atom stereocenters. The Bertz CT molecular complexity index is 534. The second-order valence-corrected chi connectivity index (χ2v) is 5.03. The summed E-state index contributed by atoms with van der Waals surface area (Å²) in [7, 11) is 1.75. The van der Waals surface area contributed by atoms with Gasteiger partial charge in [-0.3, -0.25) is 4.68 Å². The molecule has 2 aromatic heterocycles. The summed E-state index contributed by atoms with van der Waals surface area (Å²) in [5.41, 5.74) is 0.939. The molecule has 0 spiro atoms. The number of nitrogens with one attached hydrogen (secondary N) is 1. The summed E-state index contributed by atoms with van der Waals surface area (Å²) in [6.07, 6.45) is 1.38. The van der Waals surface area contributed by atoms with Gasteiger partial charge in [-0.05, 0) is 18.4 Å². The number of carbonyl (C=O) groups is 1. The summed E-state index contributed by atoms with van der Waals surface area (Å²) in [5, 5.41) is 18.4.